The van der Waals surface area contributed by atoms with Crippen LogP contribution in [0.2, 0.25) is 5.02 Å². The van der Waals surface area contributed by atoms with Gasteiger partial charge in [-0.25, -0.2) is 4.98 Å². The summed E-state index contributed by atoms with van der Waals surface area (Å²) in [6, 6.07) is 8.25. The van der Waals surface area contributed by atoms with Crippen LogP contribution in [-0.2, 0) is 0 Å². The maximum absolute atomic E-state index is 6.13. The van der Waals surface area contributed by atoms with Crippen molar-refractivity contribution in [3.8, 4) is 11.3 Å². The molecule has 0 amide bonds. The lowest BCUT2D eigenvalue weighted by Crippen LogP contribution is -2.36. The number of hydrogen-bond acceptors (Lipinski definition) is 6. The Hall–Kier alpha value is -2.18. The number of hydrogen-bond donors (Lipinski definition) is 1. The Labute approximate surface area is 163 Å². The van der Waals surface area contributed by atoms with E-state index in [-0.39, 0.29) is 0 Å². The molecule has 7 heteroatoms. The van der Waals surface area contributed by atoms with Crippen molar-refractivity contribution < 1.29 is 4.52 Å². The molecule has 0 bridgehead atoms. The van der Waals surface area contributed by atoms with Crippen molar-refractivity contribution in [1.82, 2.24) is 20.0 Å². The van der Waals surface area contributed by atoms with Crippen LogP contribution in [0.3, 0.4) is 0 Å². The Morgan fingerprint density at radius 2 is 2.07 bits per heavy atom. The molecule has 1 aliphatic carbocycles. The third-order valence-electron chi connectivity index (χ3n) is 5.33. The molecule has 27 heavy (non-hydrogen) atoms. The van der Waals surface area contributed by atoms with Gasteiger partial charge < -0.3 is 14.7 Å². The van der Waals surface area contributed by atoms with Gasteiger partial charge in [0.15, 0.2) is 0 Å². The molecule has 2 aromatic heterocycles. The Kier molecular flexibility index (Phi) is 5.55. The fourth-order valence-electron chi connectivity index (χ4n) is 3.81. The molecule has 0 atom stereocenters. The molecule has 1 aliphatic rings. The minimum absolute atomic E-state index is 0.475. The first-order valence-corrected chi connectivity index (χ1v) is 9.90. The third kappa shape index (κ3) is 4.06. The standard InChI is InChI=1S/C20H24ClN5O/c1-26(16-8-3-2-4-9-16)11-10-22-19-17-18(14-6-5-7-15(21)12-14)25-27-20(17)24-13-23-19/h5-7,12-13,16H,2-4,8-11H2,1H3,(H,22,23,24). The summed E-state index contributed by atoms with van der Waals surface area (Å²) in [6.45, 7) is 1.77. The molecule has 0 spiro atoms. The first-order chi connectivity index (χ1) is 13.2. The molecule has 0 unspecified atom stereocenters. The van der Waals surface area contributed by atoms with Gasteiger partial charge in [-0.1, -0.05) is 48.2 Å². The predicted octanol–water partition coefficient (Wildman–Crippen LogP) is 4.61. The highest BCUT2D eigenvalue weighted by Crippen LogP contribution is 2.32. The van der Waals surface area contributed by atoms with Crippen LogP contribution in [0.5, 0.6) is 0 Å². The number of aromatic nitrogens is 3. The van der Waals surface area contributed by atoms with E-state index in [1.807, 2.05) is 24.3 Å². The van der Waals surface area contributed by atoms with E-state index in [1.165, 1.54) is 38.4 Å². The summed E-state index contributed by atoms with van der Waals surface area (Å²) in [7, 11) is 2.21. The third-order valence-corrected chi connectivity index (χ3v) is 5.56. The van der Waals surface area contributed by atoms with Crippen LogP contribution in [0.4, 0.5) is 5.82 Å². The first-order valence-electron chi connectivity index (χ1n) is 9.53. The monoisotopic (exact) mass is 385 g/mol. The quantitative estimate of drug-likeness (QED) is 0.668. The highest BCUT2D eigenvalue weighted by atomic mass is 35.5. The Morgan fingerprint density at radius 1 is 1.22 bits per heavy atom. The van der Waals surface area contributed by atoms with Crippen LogP contribution in [0.1, 0.15) is 32.1 Å². The second-order valence-corrected chi connectivity index (χ2v) is 7.58. The van der Waals surface area contributed by atoms with Gasteiger partial charge in [-0.2, -0.15) is 4.98 Å². The average Bonchev–Trinajstić information content (AvgIpc) is 3.14. The van der Waals surface area contributed by atoms with Gasteiger partial charge >= 0.3 is 0 Å². The van der Waals surface area contributed by atoms with Gasteiger partial charge in [0, 0.05) is 29.7 Å². The average molecular weight is 386 g/mol. The van der Waals surface area contributed by atoms with Crippen LogP contribution < -0.4 is 5.32 Å². The number of nitrogens with one attached hydrogen (secondary N) is 1. The molecule has 0 aliphatic heterocycles. The van der Waals surface area contributed by atoms with E-state index in [1.54, 1.807) is 0 Å². The molecule has 1 aromatic carbocycles. The molecule has 4 rings (SSSR count). The molecule has 0 radical (unpaired) electrons. The van der Waals surface area contributed by atoms with Gasteiger partial charge in [0.25, 0.3) is 5.71 Å². The second-order valence-electron chi connectivity index (χ2n) is 7.14. The molecule has 142 valence electrons. The molecule has 2 heterocycles. The van der Waals surface area contributed by atoms with Crippen LogP contribution in [0.15, 0.2) is 35.1 Å². The number of benzene rings is 1. The van der Waals surface area contributed by atoms with Crippen LogP contribution >= 0.6 is 11.6 Å². The van der Waals surface area contributed by atoms with Gasteiger partial charge in [-0.05, 0) is 32.0 Å². The van der Waals surface area contributed by atoms with Crippen molar-refractivity contribution in [3.63, 3.8) is 0 Å². The summed E-state index contributed by atoms with van der Waals surface area (Å²) >= 11 is 6.13. The summed E-state index contributed by atoms with van der Waals surface area (Å²) in [4.78, 5) is 11.1. The van der Waals surface area contributed by atoms with E-state index in [9.17, 15) is 0 Å². The Morgan fingerprint density at radius 3 is 2.89 bits per heavy atom. The van der Waals surface area contributed by atoms with E-state index in [2.05, 4.69) is 32.4 Å². The zero-order valence-corrected chi connectivity index (χ0v) is 16.2. The van der Waals surface area contributed by atoms with E-state index in [0.717, 1.165) is 29.9 Å². The lowest BCUT2D eigenvalue weighted by molar-refractivity contribution is 0.198. The van der Waals surface area contributed by atoms with E-state index in [4.69, 9.17) is 16.1 Å². The highest BCUT2D eigenvalue weighted by Gasteiger charge is 2.19. The van der Waals surface area contributed by atoms with E-state index < -0.39 is 0 Å². The number of rotatable bonds is 6. The van der Waals surface area contributed by atoms with Crippen LogP contribution in [-0.4, -0.2) is 46.2 Å². The van der Waals surface area contributed by atoms with Crippen molar-refractivity contribution in [2.24, 2.45) is 0 Å². The zero-order valence-electron chi connectivity index (χ0n) is 15.5. The van der Waals surface area contributed by atoms with Crippen molar-refractivity contribution in [2.45, 2.75) is 38.1 Å². The van der Waals surface area contributed by atoms with Crippen molar-refractivity contribution in [3.05, 3.63) is 35.6 Å². The summed E-state index contributed by atoms with van der Waals surface area (Å²) < 4.78 is 5.41. The Balaban J connectivity index is 1.51. The maximum Gasteiger partial charge on any atom is 0.263 e. The largest absolute Gasteiger partial charge is 0.368 e. The molecule has 6 nitrogen and oxygen atoms in total. The fourth-order valence-corrected chi connectivity index (χ4v) is 4.00. The summed E-state index contributed by atoms with van der Waals surface area (Å²) in [5.74, 6) is 0.744. The normalized spacial score (nSPS) is 15.5. The number of nitrogens with zero attached hydrogens (tertiary/aromatic N) is 4. The molecule has 0 saturated heterocycles. The summed E-state index contributed by atoms with van der Waals surface area (Å²) in [5, 5.41) is 9.09. The summed E-state index contributed by atoms with van der Waals surface area (Å²) in [5.41, 5.74) is 2.07. The minimum Gasteiger partial charge on any atom is -0.368 e. The highest BCUT2D eigenvalue weighted by molar-refractivity contribution is 6.30. The molecule has 1 N–H and O–H groups in total. The van der Waals surface area contributed by atoms with Gasteiger partial charge in [0.1, 0.15) is 23.2 Å². The van der Waals surface area contributed by atoms with Gasteiger partial charge in [0.05, 0.1) is 0 Å². The van der Waals surface area contributed by atoms with Crippen LogP contribution in [0.25, 0.3) is 22.4 Å². The minimum atomic E-state index is 0.475. The number of anilines is 1. The van der Waals surface area contributed by atoms with Crippen molar-refractivity contribution >= 4 is 28.5 Å². The SMILES string of the molecule is CN(CCNc1ncnc2onc(-c3cccc(Cl)c3)c12)C1CCCCC1. The molecular weight excluding hydrogens is 362 g/mol. The second kappa shape index (κ2) is 8.23. The number of likely N-dealkylation sites (N-methyl/N-ethyl adjacent to an activating group) is 1. The maximum atomic E-state index is 6.13. The van der Waals surface area contributed by atoms with Gasteiger partial charge in [0.2, 0.25) is 0 Å². The Bertz CT molecular complexity index is 906. The topological polar surface area (TPSA) is 67.1 Å². The smallest absolute Gasteiger partial charge is 0.263 e. The zero-order chi connectivity index (χ0) is 18.6. The molecule has 1 fully saturated rings. The fraction of sp³-hybridized carbons (Fsp3) is 0.450. The van der Waals surface area contributed by atoms with Gasteiger partial charge in [-0.3, -0.25) is 0 Å². The molecule has 1 saturated carbocycles. The lowest BCUT2D eigenvalue weighted by atomic mass is 9.94. The lowest BCUT2D eigenvalue weighted by Gasteiger charge is -2.31. The first kappa shape index (κ1) is 18.2. The van der Waals surface area contributed by atoms with Gasteiger partial charge in [-0.15, -0.1) is 0 Å². The van der Waals surface area contributed by atoms with E-state index >= 15 is 0 Å². The van der Waals surface area contributed by atoms with Crippen molar-refractivity contribution in [2.75, 3.05) is 25.5 Å². The predicted molar refractivity (Wildman–Crippen MR) is 108 cm³/mol. The van der Waals surface area contributed by atoms with Crippen molar-refractivity contribution in [1.29, 1.82) is 0 Å². The van der Waals surface area contributed by atoms with Crippen LogP contribution in [0, 0.1) is 0 Å². The molecular formula is C20H24ClN5O. The van der Waals surface area contributed by atoms with E-state index in [0.29, 0.717) is 22.5 Å². The summed E-state index contributed by atoms with van der Waals surface area (Å²) in [6.07, 6.45) is 8.18. The number of halogens is 1. The number of fused-ring (bicyclic) bond motifs is 1. The molecule has 3 aromatic rings.